The van der Waals surface area contributed by atoms with E-state index in [4.69, 9.17) is 14.9 Å². The number of hydrogen-bond donors (Lipinski definition) is 1. The highest BCUT2D eigenvalue weighted by atomic mass is 16.3. The van der Waals surface area contributed by atoms with E-state index in [2.05, 4.69) is 5.32 Å². The minimum absolute atomic E-state index is 0.0402. The molecule has 4 heteroatoms. The van der Waals surface area contributed by atoms with Gasteiger partial charge in [-0.3, -0.25) is 0 Å². The molecule has 0 aromatic carbocycles. The van der Waals surface area contributed by atoms with E-state index < -0.39 is 0 Å². The molecule has 0 aliphatic rings. The molecule has 15 heavy (non-hydrogen) atoms. The zero-order valence-electron chi connectivity index (χ0n) is 8.45. The summed E-state index contributed by atoms with van der Waals surface area (Å²) in [6.45, 7) is 2.70. The van der Waals surface area contributed by atoms with Gasteiger partial charge in [0.25, 0.3) is 0 Å². The maximum Gasteiger partial charge on any atom is 0.156 e. The number of allylic oxidation sites excluding steroid dienone is 1. The first-order valence-corrected chi connectivity index (χ1v) is 4.65. The Morgan fingerprint density at radius 2 is 2.20 bits per heavy atom. The normalized spacial score (nSPS) is 8.73. The van der Waals surface area contributed by atoms with Crippen molar-refractivity contribution in [1.29, 1.82) is 10.5 Å². The van der Waals surface area contributed by atoms with E-state index >= 15 is 0 Å². The highest BCUT2D eigenvalue weighted by Gasteiger charge is 2.10. The lowest BCUT2D eigenvalue weighted by Crippen LogP contribution is -2.14. The van der Waals surface area contributed by atoms with Crippen molar-refractivity contribution in [3.8, 4) is 12.1 Å². The molecule has 0 saturated heterocycles. The van der Waals surface area contributed by atoms with Crippen molar-refractivity contribution in [1.82, 2.24) is 5.32 Å². The lowest BCUT2D eigenvalue weighted by molar-refractivity contribution is 0.546. The van der Waals surface area contributed by atoms with Crippen LogP contribution in [-0.2, 0) is 0 Å². The van der Waals surface area contributed by atoms with Crippen molar-refractivity contribution in [2.75, 3.05) is 6.54 Å². The van der Waals surface area contributed by atoms with Gasteiger partial charge < -0.3 is 9.73 Å². The molecule has 1 aromatic rings. The predicted molar refractivity (Wildman–Crippen MR) is 55.1 cm³/mol. The van der Waals surface area contributed by atoms with Crippen LogP contribution in [-0.4, -0.2) is 6.54 Å². The van der Waals surface area contributed by atoms with Gasteiger partial charge in [-0.1, -0.05) is 6.92 Å². The number of nitriles is 2. The van der Waals surface area contributed by atoms with E-state index in [0.29, 0.717) is 18.0 Å². The van der Waals surface area contributed by atoms with Gasteiger partial charge in [-0.25, -0.2) is 0 Å². The Morgan fingerprint density at radius 3 is 2.67 bits per heavy atom. The Kier molecular flexibility index (Phi) is 4.00. The molecule has 0 aliphatic heterocycles. The van der Waals surface area contributed by atoms with Gasteiger partial charge in [0, 0.05) is 6.54 Å². The minimum atomic E-state index is 0.0402. The Balaban J connectivity index is 3.05. The molecule has 0 spiro atoms. The summed E-state index contributed by atoms with van der Waals surface area (Å²) < 4.78 is 5.15. The topological polar surface area (TPSA) is 72.8 Å². The number of furan rings is 1. The third kappa shape index (κ3) is 2.62. The first-order chi connectivity index (χ1) is 7.33. The fourth-order valence-corrected chi connectivity index (χ4v) is 1.11. The monoisotopic (exact) mass is 201 g/mol. The number of rotatable bonds is 4. The summed E-state index contributed by atoms with van der Waals surface area (Å²) in [4.78, 5) is 0. The van der Waals surface area contributed by atoms with Crippen LogP contribution in [0.4, 0.5) is 0 Å². The first-order valence-electron chi connectivity index (χ1n) is 4.65. The molecule has 0 radical (unpaired) electrons. The average Bonchev–Trinajstić information content (AvgIpc) is 2.77. The van der Waals surface area contributed by atoms with E-state index in [1.807, 2.05) is 19.1 Å². The molecule has 4 nitrogen and oxygen atoms in total. The molecule has 76 valence electrons. The van der Waals surface area contributed by atoms with Crippen LogP contribution in [0.1, 0.15) is 19.1 Å². The molecule has 1 N–H and O–H groups in total. The van der Waals surface area contributed by atoms with Crippen LogP contribution in [0.5, 0.6) is 0 Å². The predicted octanol–water partition coefficient (Wildman–Crippen LogP) is 2.04. The van der Waals surface area contributed by atoms with E-state index in [1.54, 1.807) is 12.1 Å². The Labute approximate surface area is 88.4 Å². The third-order valence-corrected chi connectivity index (χ3v) is 1.79. The molecule has 0 aliphatic carbocycles. The van der Waals surface area contributed by atoms with Crippen molar-refractivity contribution in [2.45, 2.75) is 13.3 Å². The third-order valence-electron chi connectivity index (χ3n) is 1.79. The zero-order chi connectivity index (χ0) is 11.1. The van der Waals surface area contributed by atoms with Gasteiger partial charge in [0.15, 0.2) is 11.3 Å². The molecule has 1 heterocycles. The van der Waals surface area contributed by atoms with Crippen molar-refractivity contribution >= 4 is 5.70 Å². The minimum Gasteiger partial charge on any atom is -0.463 e. The van der Waals surface area contributed by atoms with Crippen molar-refractivity contribution in [2.24, 2.45) is 0 Å². The summed E-state index contributed by atoms with van der Waals surface area (Å²) in [7, 11) is 0. The molecule has 0 bridgehead atoms. The quantitative estimate of drug-likeness (QED) is 0.756. The summed E-state index contributed by atoms with van der Waals surface area (Å²) in [5.41, 5.74) is 0.505. The summed E-state index contributed by atoms with van der Waals surface area (Å²) in [6.07, 6.45) is 2.42. The second-order valence-corrected chi connectivity index (χ2v) is 2.88. The molecule has 0 atom stereocenters. The van der Waals surface area contributed by atoms with Gasteiger partial charge in [0.05, 0.1) is 6.26 Å². The van der Waals surface area contributed by atoms with E-state index in [-0.39, 0.29) is 5.57 Å². The van der Waals surface area contributed by atoms with E-state index in [0.717, 1.165) is 6.42 Å². The highest BCUT2D eigenvalue weighted by Crippen LogP contribution is 2.15. The van der Waals surface area contributed by atoms with E-state index in [9.17, 15) is 0 Å². The Morgan fingerprint density at radius 1 is 1.47 bits per heavy atom. The molecular formula is C11H11N3O. The van der Waals surface area contributed by atoms with Crippen LogP contribution in [0, 0.1) is 22.7 Å². The Hall–Kier alpha value is -2.20. The van der Waals surface area contributed by atoms with Gasteiger partial charge >= 0.3 is 0 Å². The summed E-state index contributed by atoms with van der Waals surface area (Å²) >= 11 is 0. The second kappa shape index (κ2) is 5.51. The highest BCUT2D eigenvalue weighted by molar-refractivity contribution is 5.70. The molecule has 0 fully saturated rings. The fraction of sp³-hybridized carbons (Fsp3) is 0.273. The lowest BCUT2D eigenvalue weighted by atomic mass is 10.2. The van der Waals surface area contributed by atoms with Gasteiger partial charge in [-0.15, -0.1) is 0 Å². The standard InChI is InChI=1S/C11H11N3O/c1-2-5-14-11(9(7-12)8-13)10-4-3-6-15-10/h3-4,6,14H,2,5H2,1H3. The molecule has 0 saturated carbocycles. The molecular weight excluding hydrogens is 190 g/mol. The number of hydrogen-bond acceptors (Lipinski definition) is 4. The number of nitrogens with zero attached hydrogens (tertiary/aromatic N) is 2. The smallest absolute Gasteiger partial charge is 0.156 e. The van der Waals surface area contributed by atoms with Crippen LogP contribution in [0.2, 0.25) is 0 Å². The summed E-state index contributed by atoms with van der Waals surface area (Å²) in [5.74, 6) is 0.515. The van der Waals surface area contributed by atoms with Gasteiger partial charge in [0.2, 0.25) is 0 Å². The van der Waals surface area contributed by atoms with Gasteiger partial charge in [-0.05, 0) is 18.6 Å². The maximum atomic E-state index is 8.78. The van der Waals surface area contributed by atoms with Crippen molar-refractivity contribution < 1.29 is 4.42 Å². The SMILES string of the molecule is CCCNC(=C(C#N)C#N)c1ccco1. The van der Waals surface area contributed by atoms with Crippen LogP contribution in [0.25, 0.3) is 5.70 Å². The molecule has 0 unspecified atom stereocenters. The Bertz CT molecular complexity index is 402. The summed E-state index contributed by atoms with van der Waals surface area (Å²) in [5, 5.41) is 20.6. The average molecular weight is 201 g/mol. The molecule has 0 amide bonds. The second-order valence-electron chi connectivity index (χ2n) is 2.88. The van der Waals surface area contributed by atoms with Crippen LogP contribution in [0.15, 0.2) is 28.4 Å². The van der Waals surface area contributed by atoms with Crippen molar-refractivity contribution in [3.63, 3.8) is 0 Å². The first kappa shape index (κ1) is 10.9. The van der Waals surface area contributed by atoms with Crippen LogP contribution < -0.4 is 5.32 Å². The van der Waals surface area contributed by atoms with Gasteiger partial charge in [0.1, 0.15) is 17.8 Å². The largest absolute Gasteiger partial charge is 0.463 e. The fourth-order valence-electron chi connectivity index (χ4n) is 1.11. The van der Waals surface area contributed by atoms with Gasteiger partial charge in [-0.2, -0.15) is 10.5 Å². The lowest BCUT2D eigenvalue weighted by Gasteiger charge is -2.06. The van der Waals surface area contributed by atoms with Crippen LogP contribution >= 0.6 is 0 Å². The summed E-state index contributed by atoms with van der Waals surface area (Å²) in [6, 6.07) is 7.12. The van der Waals surface area contributed by atoms with Crippen molar-refractivity contribution in [3.05, 3.63) is 29.7 Å². The van der Waals surface area contributed by atoms with E-state index in [1.165, 1.54) is 6.26 Å². The molecule has 1 aromatic heterocycles. The number of nitrogens with one attached hydrogen (secondary N) is 1. The van der Waals surface area contributed by atoms with Crippen LogP contribution in [0.3, 0.4) is 0 Å². The zero-order valence-corrected chi connectivity index (χ0v) is 8.45. The maximum absolute atomic E-state index is 8.78. The molecule has 1 rings (SSSR count).